The molecule has 224 valence electrons. The van der Waals surface area contributed by atoms with Crippen LogP contribution in [0.5, 0.6) is 23.0 Å². The van der Waals surface area contributed by atoms with Crippen molar-refractivity contribution in [3.05, 3.63) is 47.5 Å². The second kappa shape index (κ2) is 15.8. The van der Waals surface area contributed by atoms with Crippen LogP contribution in [0.3, 0.4) is 0 Å². The molecule has 2 unspecified atom stereocenters. The highest BCUT2D eigenvalue weighted by Gasteiger charge is 2.19. The second-order valence-electron chi connectivity index (χ2n) is 9.89. The van der Waals surface area contributed by atoms with Gasteiger partial charge in [-0.1, -0.05) is 0 Å². The van der Waals surface area contributed by atoms with Crippen LogP contribution in [-0.4, -0.2) is 95.8 Å². The van der Waals surface area contributed by atoms with Crippen LogP contribution in [0, 0.1) is 0 Å². The molecule has 2 aromatic rings. The molecule has 0 spiro atoms. The Hall–Kier alpha value is -2.73. The van der Waals surface area contributed by atoms with Gasteiger partial charge in [-0.15, -0.1) is 0 Å². The van der Waals surface area contributed by atoms with Gasteiger partial charge in [0.05, 0.1) is 25.4 Å². The van der Waals surface area contributed by atoms with E-state index in [1.165, 1.54) is 36.4 Å². The Morgan fingerprint density at radius 3 is 1.08 bits per heavy atom. The normalized spacial score (nSPS) is 13.4. The maximum atomic E-state index is 9.86. The van der Waals surface area contributed by atoms with Gasteiger partial charge in [0.1, 0.15) is 23.0 Å². The van der Waals surface area contributed by atoms with E-state index >= 15 is 0 Å². The van der Waals surface area contributed by atoms with Crippen LogP contribution in [0.25, 0.3) is 0 Å². The van der Waals surface area contributed by atoms with Gasteiger partial charge in [0.15, 0.2) is 0 Å². The van der Waals surface area contributed by atoms with E-state index in [1.54, 1.807) is 27.7 Å². The minimum absolute atomic E-state index is 0.0506. The maximum Gasteiger partial charge on any atom is 0.394 e. The number of nitrogens with one attached hydrogen (secondary N) is 2. The lowest BCUT2D eigenvalue weighted by Crippen LogP contribution is -2.44. The lowest BCUT2D eigenvalue weighted by atomic mass is 10.0. The van der Waals surface area contributed by atoms with Crippen molar-refractivity contribution in [1.29, 1.82) is 0 Å². The lowest BCUT2D eigenvalue weighted by Gasteiger charge is -2.25. The number of hydrogen-bond donors (Lipinski definition) is 12. The lowest BCUT2D eigenvalue weighted by molar-refractivity contribution is 0.135. The molecule has 0 radical (unpaired) electrons. The quantitative estimate of drug-likeness (QED) is 0.169. The molecule has 0 aliphatic carbocycles. The van der Waals surface area contributed by atoms with Crippen molar-refractivity contribution >= 4 is 10.4 Å². The number of aromatic hydroxyl groups is 4. The standard InChI is InChI=1S/2C12H19NO4.H2O4S/c2*1-12(2,7-14)13-6-11(17)8-3-9(15)5-10(16)4-8;1-5(2,3)4/h2*3-5,11,13-17H,6-7H2,1-2H3;(H2,1,2,3,4). The Bertz CT molecular complexity index is 1000. The molecular weight excluding hydrogens is 540 g/mol. The molecule has 0 aliphatic heterocycles. The zero-order valence-electron chi connectivity index (χ0n) is 22.1. The molecule has 0 aliphatic rings. The average molecular weight is 581 g/mol. The fourth-order valence-electron chi connectivity index (χ4n) is 2.71. The molecule has 0 aromatic heterocycles. The van der Waals surface area contributed by atoms with Gasteiger partial charge in [-0.05, 0) is 63.1 Å². The summed E-state index contributed by atoms with van der Waals surface area (Å²) in [6.07, 6.45) is -1.72. The molecule has 14 nitrogen and oxygen atoms in total. The van der Waals surface area contributed by atoms with Crippen molar-refractivity contribution in [1.82, 2.24) is 10.6 Å². The topological polar surface area (TPSA) is 260 Å². The molecule has 2 aromatic carbocycles. The zero-order valence-corrected chi connectivity index (χ0v) is 23.0. The minimum atomic E-state index is -4.67. The van der Waals surface area contributed by atoms with Crippen LogP contribution in [-0.2, 0) is 10.4 Å². The number of aliphatic hydroxyl groups is 4. The van der Waals surface area contributed by atoms with Crippen molar-refractivity contribution in [3.63, 3.8) is 0 Å². The summed E-state index contributed by atoms with van der Waals surface area (Å²) in [5.74, 6) is -0.387. The van der Waals surface area contributed by atoms with Crippen molar-refractivity contribution in [2.75, 3.05) is 26.3 Å². The summed E-state index contributed by atoms with van der Waals surface area (Å²) < 4.78 is 31.6. The number of aliphatic hydroxyl groups excluding tert-OH is 4. The summed E-state index contributed by atoms with van der Waals surface area (Å²) in [6.45, 7) is 7.56. The van der Waals surface area contributed by atoms with E-state index in [0.29, 0.717) is 11.1 Å². The maximum absolute atomic E-state index is 9.86. The predicted molar refractivity (Wildman–Crippen MR) is 142 cm³/mol. The minimum Gasteiger partial charge on any atom is -0.508 e. The molecule has 0 heterocycles. The van der Waals surface area contributed by atoms with Crippen LogP contribution in [0.1, 0.15) is 51.0 Å². The summed E-state index contributed by atoms with van der Waals surface area (Å²) in [6, 6.07) is 7.94. The van der Waals surface area contributed by atoms with Gasteiger partial charge in [0.2, 0.25) is 0 Å². The Morgan fingerprint density at radius 2 is 0.872 bits per heavy atom. The molecule has 2 atom stereocenters. The van der Waals surface area contributed by atoms with Gasteiger partial charge >= 0.3 is 10.4 Å². The molecule has 0 amide bonds. The fourth-order valence-corrected chi connectivity index (χ4v) is 2.71. The summed E-state index contributed by atoms with van der Waals surface area (Å²) in [4.78, 5) is 0. The van der Waals surface area contributed by atoms with Crippen molar-refractivity contribution in [2.45, 2.75) is 51.0 Å². The molecule has 39 heavy (non-hydrogen) atoms. The van der Waals surface area contributed by atoms with E-state index in [4.69, 9.17) is 27.7 Å². The Morgan fingerprint density at radius 1 is 0.641 bits per heavy atom. The largest absolute Gasteiger partial charge is 0.508 e. The Kier molecular flexibility index (Phi) is 14.7. The number of phenolic OH excluding ortho intramolecular Hbond substituents is 4. The number of hydrogen-bond acceptors (Lipinski definition) is 12. The smallest absolute Gasteiger partial charge is 0.394 e. The molecule has 0 saturated carbocycles. The van der Waals surface area contributed by atoms with Crippen LogP contribution in [0.4, 0.5) is 0 Å². The number of rotatable bonds is 10. The van der Waals surface area contributed by atoms with Crippen LogP contribution in [0.2, 0.25) is 0 Å². The van der Waals surface area contributed by atoms with Crippen LogP contribution >= 0.6 is 0 Å². The number of phenols is 4. The Balaban J connectivity index is 0.000000632. The fraction of sp³-hybridized carbons (Fsp3) is 0.500. The van der Waals surface area contributed by atoms with Gasteiger partial charge in [-0.3, -0.25) is 9.11 Å². The van der Waals surface area contributed by atoms with Crippen molar-refractivity contribution in [2.24, 2.45) is 0 Å². The van der Waals surface area contributed by atoms with Gasteiger partial charge in [0.25, 0.3) is 0 Å². The van der Waals surface area contributed by atoms with E-state index in [2.05, 4.69) is 10.6 Å². The van der Waals surface area contributed by atoms with E-state index in [1.807, 2.05) is 0 Å². The number of β-amino-alcohol motifs (C(OH)–C–C–N with tert-alkyl or cyclic N) is 2. The molecular formula is C24H40N2O12S. The first-order chi connectivity index (χ1) is 17.7. The third kappa shape index (κ3) is 17.5. The predicted octanol–water partition coefficient (Wildman–Crippen LogP) is 0.331. The molecule has 0 fully saturated rings. The van der Waals surface area contributed by atoms with Crippen LogP contribution < -0.4 is 10.6 Å². The molecule has 0 saturated heterocycles. The first-order valence-electron chi connectivity index (χ1n) is 11.5. The average Bonchev–Trinajstić information content (AvgIpc) is 2.79. The summed E-state index contributed by atoms with van der Waals surface area (Å²) in [7, 11) is -4.67. The highest BCUT2D eigenvalue weighted by atomic mass is 32.3. The first-order valence-corrected chi connectivity index (χ1v) is 12.9. The SMILES string of the molecule is CC(C)(CO)NCC(O)c1cc(O)cc(O)c1.CC(C)(CO)NCC(O)c1cc(O)cc(O)c1.O=S(=O)(O)O. The van der Waals surface area contributed by atoms with Gasteiger partial charge in [0, 0.05) is 36.3 Å². The highest BCUT2D eigenvalue weighted by Crippen LogP contribution is 2.26. The highest BCUT2D eigenvalue weighted by molar-refractivity contribution is 7.79. The monoisotopic (exact) mass is 580 g/mol. The van der Waals surface area contributed by atoms with Gasteiger partial charge in [-0.2, -0.15) is 8.42 Å². The van der Waals surface area contributed by atoms with Gasteiger partial charge in [-0.25, -0.2) is 0 Å². The van der Waals surface area contributed by atoms with E-state index in [9.17, 15) is 30.6 Å². The Labute approximate surface area is 227 Å². The van der Waals surface area contributed by atoms with Crippen molar-refractivity contribution < 1.29 is 58.4 Å². The molecule has 15 heteroatoms. The summed E-state index contributed by atoms with van der Waals surface area (Å²) in [5.41, 5.74) is -0.132. The first kappa shape index (κ1) is 36.3. The molecule has 2 rings (SSSR count). The van der Waals surface area contributed by atoms with E-state index in [-0.39, 0.29) is 49.3 Å². The van der Waals surface area contributed by atoms with Gasteiger partial charge < -0.3 is 51.5 Å². The molecule has 0 bridgehead atoms. The third-order valence-electron chi connectivity index (χ3n) is 4.96. The molecule has 12 N–H and O–H groups in total. The summed E-state index contributed by atoms with van der Waals surface area (Å²) >= 11 is 0. The third-order valence-corrected chi connectivity index (χ3v) is 4.96. The summed E-state index contributed by atoms with van der Waals surface area (Å²) in [5, 5.41) is 80.9. The second-order valence-corrected chi connectivity index (χ2v) is 10.8. The zero-order chi connectivity index (χ0) is 30.6. The van der Waals surface area contributed by atoms with E-state index < -0.39 is 33.7 Å². The van der Waals surface area contributed by atoms with E-state index in [0.717, 1.165) is 0 Å². The van der Waals surface area contributed by atoms with Crippen molar-refractivity contribution in [3.8, 4) is 23.0 Å². The van der Waals surface area contributed by atoms with Crippen LogP contribution in [0.15, 0.2) is 36.4 Å². The number of benzene rings is 2.